The normalized spacial score (nSPS) is 10.2. The Hall–Kier alpha value is -2.47. The SMILES string of the molecule is O=C(O)c1ccnc(CNC(=O)c2cc(Cl)ccc2F)c1. The lowest BCUT2D eigenvalue weighted by molar-refractivity contribution is 0.0696. The molecule has 0 bridgehead atoms. The van der Waals surface area contributed by atoms with Crippen LogP contribution >= 0.6 is 11.6 Å². The van der Waals surface area contributed by atoms with E-state index in [0.29, 0.717) is 5.69 Å². The Morgan fingerprint density at radius 3 is 2.76 bits per heavy atom. The van der Waals surface area contributed by atoms with Crippen LogP contribution in [0.25, 0.3) is 0 Å². The molecule has 7 heteroatoms. The summed E-state index contributed by atoms with van der Waals surface area (Å²) in [4.78, 5) is 26.6. The van der Waals surface area contributed by atoms with E-state index in [-0.39, 0.29) is 22.7 Å². The van der Waals surface area contributed by atoms with Crippen molar-refractivity contribution in [3.8, 4) is 0 Å². The van der Waals surface area contributed by atoms with E-state index in [2.05, 4.69) is 10.3 Å². The van der Waals surface area contributed by atoms with Crippen LogP contribution < -0.4 is 5.32 Å². The van der Waals surface area contributed by atoms with Crippen molar-refractivity contribution in [1.29, 1.82) is 0 Å². The number of carboxylic acid groups (broad SMARTS) is 1. The predicted octanol–water partition coefficient (Wildman–Crippen LogP) is 2.50. The Kier molecular flexibility index (Phi) is 4.49. The van der Waals surface area contributed by atoms with Crippen LogP contribution in [0.15, 0.2) is 36.5 Å². The molecule has 2 rings (SSSR count). The molecule has 0 spiro atoms. The predicted molar refractivity (Wildman–Crippen MR) is 73.8 cm³/mol. The zero-order valence-electron chi connectivity index (χ0n) is 10.6. The molecule has 21 heavy (non-hydrogen) atoms. The molecule has 108 valence electrons. The molecule has 0 unspecified atom stereocenters. The standard InChI is InChI=1S/C14H10ClFN2O3/c15-9-1-2-12(16)11(6-9)13(19)18-7-10-5-8(14(20)21)3-4-17-10/h1-6H,7H2,(H,18,19)(H,20,21). The fraction of sp³-hybridized carbons (Fsp3) is 0.0714. The van der Waals surface area contributed by atoms with E-state index in [9.17, 15) is 14.0 Å². The zero-order chi connectivity index (χ0) is 15.4. The molecule has 1 heterocycles. The summed E-state index contributed by atoms with van der Waals surface area (Å²) in [5.41, 5.74) is 0.228. The van der Waals surface area contributed by atoms with E-state index in [0.717, 1.165) is 6.07 Å². The number of nitrogens with one attached hydrogen (secondary N) is 1. The average molecular weight is 309 g/mol. The first kappa shape index (κ1) is 14.9. The van der Waals surface area contributed by atoms with Crippen molar-refractivity contribution in [3.05, 3.63) is 64.2 Å². The highest BCUT2D eigenvalue weighted by atomic mass is 35.5. The molecule has 1 aromatic carbocycles. The second-order valence-electron chi connectivity index (χ2n) is 4.15. The van der Waals surface area contributed by atoms with Crippen LogP contribution in [0.2, 0.25) is 5.02 Å². The van der Waals surface area contributed by atoms with Gasteiger partial charge in [-0.25, -0.2) is 9.18 Å². The van der Waals surface area contributed by atoms with Crippen LogP contribution in [0.1, 0.15) is 26.4 Å². The van der Waals surface area contributed by atoms with Gasteiger partial charge in [-0.3, -0.25) is 9.78 Å². The maximum atomic E-state index is 13.5. The maximum Gasteiger partial charge on any atom is 0.335 e. The van der Waals surface area contributed by atoms with Crippen molar-refractivity contribution in [2.24, 2.45) is 0 Å². The van der Waals surface area contributed by atoms with Gasteiger partial charge in [0.25, 0.3) is 5.91 Å². The third-order valence-electron chi connectivity index (χ3n) is 2.67. The van der Waals surface area contributed by atoms with Gasteiger partial charge in [-0.2, -0.15) is 0 Å². The molecule has 0 saturated carbocycles. The first-order chi connectivity index (χ1) is 9.97. The van der Waals surface area contributed by atoms with E-state index in [1.807, 2.05) is 0 Å². The van der Waals surface area contributed by atoms with Gasteiger partial charge in [-0.1, -0.05) is 11.6 Å². The van der Waals surface area contributed by atoms with Crippen LogP contribution in [-0.2, 0) is 6.54 Å². The van der Waals surface area contributed by atoms with Crippen molar-refractivity contribution in [1.82, 2.24) is 10.3 Å². The van der Waals surface area contributed by atoms with Gasteiger partial charge >= 0.3 is 5.97 Å². The van der Waals surface area contributed by atoms with Gasteiger partial charge in [0.2, 0.25) is 0 Å². The summed E-state index contributed by atoms with van der Waals surface area (Å²) >= 11 is 5.71. The Morgan fingerprint density at radius 2 is 2.05 bits per heavy atom. The molecular formula is C14H10ClFN2O3. The number of aromatic nitrogens is 1. The van der Waals surface area contributed by atoms with Gasteiger partial charge in [-0.15, -0.1) is 0 Å². The Morgan fingerprint density at radius 1 is 1.29 bits per heavy atom. The number of pyridine rings is 1. The van der Waals surface area contributed by atoms with Crippen LogP contribution in [0, 0.1) is 5.82 Å². The third kappa shape index (κ3) is 3.76. The number of carbonyl (C=O) groups excluding carboxylic acids is 1. The number of hydrogen-bond donors (Lipinski definition) is 2. The number of benzene rings is 1. The van der Waals surface area contributed by atoms with Gasteiger partial charge in [0.05, 0.1) is 23.4 Å². The number of amides is 1. The molecule has 0 radical (unpaired) electrons. The molecule has 0 atom stereocenters. The highest BCUT2D eigenvalue weighted by molar-refractivity contribution is 6.31. The minimum absolute atomic E-state index is 0.0219. The molecule has 1 aromatic heterocycles. The molecule has 0 aliphatic carbocycles. The molecule has 2 aromatic rings. The lowest BCUT2D eigenvalue weighted by atomic mass is 10.2. The second-order valence-corrected chi connectivity index (χ2v) is 4.58. The summed E-state index contributed by atoms with van der Waals surface area (Å²) in [6.07, 6.45) is 1.32. The quantitative estimate of drug-likeness (QED) is 0.909. The maximum absolute atomic E-state index is 13.5. The van der Waals surface area contributed by atoms with Crippen molar-refractivity contribution >= 4 is 23.5 Å². The average Bonchev–Trinajstić information content (AvgIpc) is 2.47. The number of rotatable bonds is 4. The summed E-state index contributed by atoms with van der Waals surface area (Å²) in [6.45, 7) is -0.0219. The lowest BCUT2D eigenvalue weighted by Crippen LogP contribution is -2.24. The summed E-state index contributed by atoms with van der Waals surface area (Å²) in [6, 6.07) is 6.32. The van der Waals surface area contributed by atoms with Gasteiger partial charge in [0.15, 0.2) is 0 Å². The van der Waals surface area contributed by atoms with Crippen LogP contribution in [0.3, 0.4) is 0 Å². The minimum Gasteiger partial charge on any atom is -0.478 e. The molecule has 0 saturated heterocycles. The monoisotopic (exact) mass is 308 g/mol. The lowest BCUT2D eigenvalue weighted by Gasteiger charge is -2.06. The van der Waals surface area contributed by atoms with Gasteiger partial charge < -0.3 is 10.4 Å². The smallest absolute Gasteiger partial charge is 0.335 e. The number of carbonyl (C=O) groups is 2. The van der Waals surface area contributed by atoms with E-state index in [1.54, 1.807) is 0 Å². The van der Waals surface area contributed by atoms with E-state index in [4.69, 9.17) is 16.7 Å². The fourth-order valence-electron chi connectivity index (χ4n) is 1.65. The van der Waals surface area contributed by atoms with Crippen LogP contribution in [-0.4, -0.2) is 22.0 Å². The highest BCUT2D eigenvalue weighted by Crippen LogP contribution is 2.14. The third-order valence-corrected chi connectivity index (χ3v) is 2.90. The molecule has 0 aliphatic heterocycles. The summed E-state index contributed by atoms with van der Waals surface area (Å²) < 4.78 is 13.5. The fourth-order valence-corrected chi connectivity index (χ4v) is 1.82. The minimum atomic E-state index is -1.09. The summed E-state index contributed by atoms with van der Waals surface area (Å²) in [5.74, 6) is -2.44. The zero-order valence-corrected chi connectivity index (χ0v) is 11.4. The van der Waals surface area contributed by atoms with E-state index in [1.165, 1.54) is 30.5 Å². The number of aromatic carboxylic acids is 1. The van der Waals surface area contributed by atoms with Gasteiger partial charge in [0.1, 0.15) is 5.82 Å². The number of nitrogens with zero attached hydrogens (tertiary/aromatic N) is 1. The van der Waals surface area contributed by atoms with E-state index >= 15 is 0 Å². The van der Waals surface area contributed by atoms with Crippen molar-refractivity contribution < 1.29 is 19.1 Å². The van der Waals surface area contributed by atoms with Crippen molar-refractivity contribution in [3.63, 3.8) is 0 Å². The Labute approximate surface area is 124 Å². The summed E-state index contributed by atoms with van der Waals surface area (Å²) in [5, 5.41) is 11.6. The molecule has 0 aliphatic rings. The molecule has 5 nitrogen and oxygen atoms in total. The second kappa shape index (κ2) is 6.32. The largest absolute Gasteiger partial charge is 0.478 e. The van der Waals surface area contributed by atoms with Gasteiger partial charge in [-0.05, 0) is 30.3 Å². The topological polar surface area (TPSA) is 79.3 Å². The van der Waals surface area contributed by atoms with Gasteiger partial charge in [0, 0.05) is 11.2 Å². The first-order valence-electron chi connectivity index (χ1n) is 5.89. The van der Waals surface area contributed by atoms with Crippen LogP contribution in [0.5, 0.6) is 0 Å². The highest BCUT2D eigenvalue weighted by Gasteiger charge is 2.12. The molecule has 1 amide bonds. The Bertz CT molecular complexity index is 706. The number of hydrogen-bond acceptors (Lipinski definition) is 3. The van der Waals surface area contributed by atoms with E-state index < -0.39 is 17.7 Å². The van der Waals surface area contributed by atoms with Crippen molar-refractivity contribution in [2.75, 3.05) is 0 Å². The number of carboxylic acids is 1. The van der Waals surface area contributed by atoms with Crippen molar-refractivity contribution in [2.45, 2.75) is 6.54 Å². The molecular weight excluding hydrogens is 299 g/mol. The first-order valence-corrected chi connectivity index (χ1v) is 6.26. The van der Waals surface area contributed by atoms with Crippen LogP contribution in [0.4, 0.5) is 4.39 Å². The Balaban J connectivity index is 2.09. The summed E-state index contributed by atoms with van der Waals surface area (Å²) in [7, 11) is 0. The number of halogens is 2. The molecule has 0 fully saturated rings. The molecule has 2 N–H and O–H groups in total.